The second-order valence-corrected chi connectivity index (χ2v) is 6.85. The molecular weight excluding hydrogens is 373 g/mol. The fraction of sp³-hybridized carbons (Fsp3) is 0.238. The maximum Gasteiger partial charge on any atom is 0.287 e. The Morgan fingerprint density at radius 3 is 2.83 bits per heavy atom. The summed E-state index contributed by atoms with van der Waals surface area (Å²) < 4.78 is 15.2. The number of hydrogen-bond acceptors (Lipinski definition) is 4. The van der Waals surface area contributed by atoms with Crippen molar-refractivity contribution in [2.75, 3.05) is 5.32 Å². The van der Waals surface area contributed by atoms with E-state index in [4.69, 9.17) is 0 Å². The van der Waals surface area contributed by atoms with Gasteiger partial charge in [0.25, 0.3) is 11.8 Å². The number of halogens is 1. The van der Waals surface area contributed by atoms with E-state index in [9.17, 15) is 14.0 Å². The first-order valence-corrected chi connectivity index (χ1v) is 9.45. The van der Waals surface area contributed by atoms with Gasteiger partial charge in [0.2, 0.25) is 0 Å². The molecule has 2 N–H and O–H groups in total. The van der Waals surface area contributed by atoms with E-state index < -0.39 is 11.7 Å². The Kier molecular flexibility index (Phi) is 5.33. The van der Waals surface area contributed by atoms with Gasteiger partial charge >= 0.3 is 0 Å². The molecule has 3 aromatic rings. The van der Waals surface area contributed by atoms with Gasteiger partial charge in [-0.2, -0.15) is 0 Å². The molecule has 8 heteroatoms. The van der Waals surface area contributed by atoms with Crippen LogP contribution in [0.3, 0.4) is 0 Å². The monoisotopic (exact) mass is 393 g/mol. The quantitative estimate of drug-likeness (QED) is 0.698. The summed E-state index contributed by atoms with van der Waals surface area (Å²) in [5.74, 6) is -1.02. The Morgan fingerprint density at radius 2 is 2.03 bits per heavy atom. The maximum atomic E-state index is 13.4. The highest BCUT2D eigenvalue weighted by atomic mass is 19.1. The molecule has 0 atom stereocenters. The summed E-state index contributed by atoms with van der Waals surface area (Å²) >= 11 is 0. The molecule has 0 spiro atoms. The van der Waals surface area contributed by atoms with Crippen LogP contribution in [0.4, 0.5) is 10.1 Å². The first-order chi connectivity index (χ1) is 14.1. The first-order valence-electron chi connectivity index (χ1n) is 9.45. The molecule has 0 saturated heterocycles. The number of hydrogen-bond donors (Lipinski definition) is 2. The zero-order valence-corrected chi connectivity index (χ0v) is 15.7. The van der Waals surface area contributed by atoms with Crippen molar-refractivity contribution in [3.05, 3.63) is 77.4 Å². The Morgan fingerprint density at radius 1 is 1.14 bits per heavy atom. The molecule has 148 valence electrons. The van der Waals surface area contributed by atoms with Crippen molar-refractivity contribution < 1.29 is 14.0 Å². The average Bonchev–Trinajstić information content (AvgIpc) is 3.13. The predicted molar refractivity (Wildman–Crippen MR) is 105 cm³/mol. The van der Waals surface area contributed by atoms with E-state index in [1.165, 1.54) is 18.2 Å². The number of imidazole rings is 1. The minimum absolute atomic E-state index is 0.209. The molecule has 0 radical (unpaired) electrons. The Labute approximate surface area is 167 Å². The Hall–Kier alpha value is -3.55. The summed E-state index contributed by atoms with van der Waals surface area (Å²) in [5.41, 5.74) is 2.16. The van der Waals surface area contributed by atoms with Gasteiger partial charge in [-0.25, -0.2) is 9.37 Å². The van der Waals surface area contributed by atoms with E-state index in [1.54, 1.807) is 24.5 Å². The number of rotatable bonds is 5. The number of fused-ring (bicyclic) bond motifs is 1. The van der Waals surface area contributed by atoms with Gasteiger partial charge in [0.05, 0.1) is 5.69 Å². The Bertz CT molecular complexity index is 1050. The van der Waals surface area contributed by atoms with E-state index in [0.29, 0.717) is 25.2 Å². The molecule has 7 nitrogen and oxygen atoms in total. The van der Waals surface area contributed by atoms with Gasteiger partial charge < -0.3 is 15.2 Å². The van der Waals surface area contributed by atoms with E-state index in [1.807, 2.05) is 10.6 Å². The highest BCUT2D eigenvalue weighted by molar-refractivity contribution is 6.05. The first kappa shape index (κ1) is 18.8. The van der Waals surface area contributed by atoms with Crippen LogP contribution < -0.4 is 10.6 Å². The summed E-state index contributed by atoms with van der Waals surface area (Å²) in [7, 11) is 0. The lowest BCUT2D eigenvalue weighted by atomic mass is 10.1. The van der Waals surface area contributed by atoms with Crippen molar-refractivity contribution in [2.45, 2.75) is 32.4 Å². The summed E-state index contributed by atoms with van der Waals surface area (Å²) in [6, 6.07) is 9.33. The highest BCUT2D eigenvalue weighted by Gasteiger charge is 2.27. The van der Waals surface area contributed by atoms with Gasteiger partial charge in [0.1, 0.15) is 5.82 Å². The number of carbonyl (C=O) groups is 2. The van der Waals surface area contributed by atoms with E-state index >= 15 is 0 Å². The van der Waals surface area contributed by atoms with Crippen molar-refractivity contribution in [2.24, 2.45) is 0 Å². The summed E-state index contributed by atoms with van der Waals surface area (Å²) in [4.78, 5) is 33.9. The molecule has 2 aromatic heterocycles. The third-order valence-corrected chi connectivity index (χ3v) is 4.79. The van der Waals surface area contributed by atoms with Gasteiger partial charge in [-0.1, -0.05) is 12.1 Å². The topological polar surface area (TPSA) is 88.9 Å². The van der Waals surface area contributed by atoms with Gasteiger partial charge in [-0.05, 0) is 49.1 Å². The molecule has 1 aliphatic heterocycles. The average molecular weight is 393 g/mol. The molecule has 2 amide bonds. The van der Waals surface area contributed by atoms with Crippen molar-refractivity contribution in [3.63, 3.8) is 0 Å². The zero-order chi connectivity index (χ0) is 20.2. The number of nitrogens with zero attached hydrogens (tertiary/aromatic N) is 3. The molecule has 0 aliphatic carbocycles. The van der Waals surface area contributed by atoms with Crippen LogP contribution in [0.5, 0.6) is 0 Å². The van der Waals surface area contributed by atoms with Gasteiger partial charge in [0, 0.05) is 31.2 Å². The van der Waals surface area contributed by atoms with Crippen LogP contribution in [-0.2, 0) is 19.5 Å². The van der Waals surface area contributed by atoms with Crippen LogP contribution >= 0.6 is 0 Å². The van der Waals surface area contributed by atoms with Crippen LogP contribution in [-0.4, -0.2) is 26.3 Å². The number of carbonyl (C=O) groups excluding carboxylic acids is 2. The van der Waals surface area contributed by atoms with Crippen molar-refractivity contribution in [1.82, 2.24) is 19.9 Å². The zero-order valence-electron chi connectivity index (χ0n) is 15.7. The molecular formula is C21H20FN5O2. The molecule has 1 aromatic carbocycles. The number of nitrogens with one attached hydrogen (secondary N) is 2. The van der Waals surface area contributed by atoms with Crippen LogP contribution in [0, 0.1) is 5.82 Å². The van der Waals surface area contributed by atoms with Crippen molar-refractivity contribution in [1.29, 1.82) is 0 Å². The third-order valence-electron chi connectivity index (χ3n) is 4.79. The largest absolute Gasteiger partial charge is 0.345 e. The molecule has 0 bridgehead atoms. The van der Waals surface area contributed by atoms with E-state index in [-0.39, 0.29) is 17.4 Å². The molecule has 1 aliphatic rings. The molecule has 29 heavy (non-hydrogen) atoms. The maximum absolute atomic E-state index is 13.4. The summed E-state index contributed by atoms with van der Waals surface area (Å²) in [6.07, 6.45) is 5.84. The number of amides is 2. The SMILES string of the molecule is O=C(Nc1cccc(F)c1)c1nc(C(=O)NCc2cccnc2)n2c1CCCC2. The fourth-order valence-electron chi connectivity index (χ4n) is 3.42. The third kappa shape index (κ3) is 4.16. The van der Waals surface area contributed by atoms with Gasteiger partial charge in [0.15, 0.2) is 11.5 Å². The lowest BCUT2D eigenvalue weighted by Crippen LogP contribution is -2.27. The normalized spacial score (nSPS) is 12.9. The molecule has 0 fully saturated rings. The Balaban J connectivity index is 1.56. The number of anilines is 1. The second-order valence-electron chi connectivity index (χ2n) is 6.85. The van der Waals surface area contributed by atoms with Crippen LogP contribution in [0.1, 0.15) is 45.2 Å². The van der Waals surface area contributed by atoms with Crippen molar-refractivity contribution >= 4 is 17.5 Å². The van der Waals surface area contributed by atoms with Gasteiger partial charge in [-0.3, -0.25) is 14.6 Å². The molecule has 4 rings (SSSR count). The van der Waals surface area contributed by atoms with E-state index in [2.05, 4.69) is 20.6 Å². The lowest BCUT2D eigenvalue weighted by molar-refractivity contribution is 0.0935. The lowest BCUT2D eigenvalue weighted by Gasteiger charge is -2.17. The smallest absolute Gasteiger partial charge is 0.287 e. The van der Waals surface area contributed by atoms with Crippen LogP contribution in [0.25, 0.3) is 0 Å². The standard InChI is InChI=1S/C21H20FN5O2/c22-15-6-3-7-16(11-15)25-20(28)18-17-8-1-2-10-27(17)19(26-18)21(29)24-13-14-5-4-9-23-12-14/h3-7,9,11-12H,1-2,8,10,13H2,(H,24,29)(H,25,28). The van der Waals surface area contributed by atoms with Crippen LogP contribution in [0.15, 0.2) is 48.8 Å². The summed E-state index contributed by atoms with van der Waals surface area (Å²) in [6.45, 7) is 0.949. The highest BCUT2D eigenvalue weighted by Crippen LogP contribution is 2.22. The molecule has 3 heterocycles. The number of benzene rings is 1. The molecule has 0 unspecified atom stereocenters. The number of aromatic nitrogens is 3. The van der Waals surface area contributed by atoms with Gasteiger partial charge in [-0.15, -0.1) is 0 Å². The predicted octanol–water partition coefficient (Wildman–Crippen LogP) is 2.94. The fourth-order valence-corrected chi connectivity index (χ4v) is 3.42. The van der Waals surface area contributed by atoms with Crippen molar-refractivity contribution in [3.8, 4) is 0 Å². The van der Waals surface area contributed by atoms with E-state index in [0.717, 1.165) is 24.1 Å². The second kappa shape index (κ2) is 8.22. The minimum Gasteiger partial charge on any atom is -0.345 e. The minimum atomic E-state index is -0.451. The van der Waals surface area contributed by atoms with Crippen LogP contribution in [0.2, 0.25) is 0 Å². The summed E-state index contributed by atoms with van der Waals surface area (Å²) in [5, 5.41) is 5.50. The molecule has 0 saturated carbocycles. The number of pyridine rings is 1.